The number of ether oxygens (including phenoxy) is 2. The third-order valence-electron chi connectivity index (χ3n) is 11.0. The van der Waals surface area contributed by atoms with Crippen molar-refractivity contribution in [3.8, 4) is 0 Å². The van der Waals surface area contributed by atoms with Crippen molar-refractivity contribution in [2.45, 2.75) is 205 Å². The number of rotatable bonds is 24. The SMILES string of the molecule is CCCCCCCCC(F)C(=O)OC1CCC(CCc2ccc(CCC3CCC(OC(=O)C(F)CCCCCCCC)CC3)cc2)CC1. The lowest BCUT2D eigenvalue weighted by atomic mass is 9.83. The van der Waals surface area contributed by atoms with Gasteiger partial charge in [-0.1, -0.05) is 102 Å². The number of hydrogen-bond acceptors (Lipinski definition) is 4. The summed E-state index contributed by atoms with van der Waals surface area (Å²) >= 11 is 0. The Morgan fingerprint density at radius 3 is 1.25 bits per heavy atom. The maximum atomic E-state index is 14.3. The first-order valence-corrected chi connectivity index (χ1v) is 20.1. The number of carbonyl (C=O) groups excluding carboxylic acids is 2. The van der Waals surface area contributed by atoms with E-state index in [1.807, 2.05) is 0 Å². The molecule has 2 saturated carbocycles. The molecule has 4 nitrogen and oxygen atoms in total. The molecule has 0 spiro atoms. The molecule has 0 heterocycles. The molecule has 0 aliphatic heterocycles. The number of alkyl halides is 2. The van der Waals surface area contributed by atoms with Gasteiger partial charge in [0.25, 0.3) is 0 Å². The largest absolute Gasteiger partial charge is 0.460 e. The molecule has 274 valence electrons. The van der Waals surface area contributed by atoms with Crippen molar-refractivity contribution < 1.29 is 27.8 Å². The molecule has 2 atom stereocenters. The minimum atomic E-state index is -1.47. The summed E-state index contributed by atoms with van der Waals surface area (Å²) in [6.45, 7) is 4.37. The molecule has 0 saturated heterocycles. The second kappa shape index (κ2) is 24.2. The highest BCUT2D eigenvalue weighted by molar-refractivity contribution is 5.75. The Labute approximate surface area is 291 Å². The van der Waals surface area contributed by atoms with Crippen LogP contribution >= 0.6 is 0 Å². The molecule has 0 aromatic heterocycles. The maximum absolute atomic E-state index is 14.3. The van der Waals surface area contributed by atoms with Gasteiger partial charge >= 0.3 is 11.9 Å². The number of esters is 2. The van der Waals surface area contributed by atoms with Crippen molar-refractivity contribution in [1.82, 2.24) is 0 Å². The van der Waals surface area contributed by atoms with Gasteiger partial charge in [0.05, 0.1) is 0 Å². The number of benzene rings is 1. The predicted octanol–water partition coefficient (Wildman–Crippen LogP) is 11.9. The molecule has 1 aromatic carbocycles. The zero-order chi connectivity index (χ0) is 34.4. The van der Waals surface area contributed by atoms with E-state index >= 15 is 0 Å². The Hall–Kier alpha value is -1.98. The molecule has 2 unspecified atom stereocenters. The third-order valence-corrected chi connectivity index (χ3v) is 11.0. The number of unbranched alkanes of at least 4 members (excludes halogenated alkanes) is 10. The van der Waals surface area contributed by atoms with Crippen molar-refractivity contribution in [1.29, 1.82) is 0 Å². The Morgan fingerprint density at radius 1 is 0.562 bits per heavy atom. The molecule has 2 fully saturated rings. The molecule has 1 aromatic rings. The van der Waals surface area contributed by atoms with Gasteiger partial charge in [-0.25, -0.2) is 18.4 Å². The molecule has 6 heteroatoms. The number of hydrogen-bond donors (Lipinski definition) is 0. The zero-order valence-corrected chi connectivity index (χ0v) is 30.5. The summed E-state index contributed by atoms with van der Waals surface area (Å²) in [7, 11) is 0. The molecule has 0 radical (unpaired) electrons. The fourth-order valence-corrected chi connectivity index (χ4v) is 7.61. The van der Waals surface area contributed by atoms with E-state index in [1.165, 1.54) is 49.7 Å². The molecule has 2 aliphatic carbocycles. The first kappa shape index (κ1) is 40.4. The standard InChI is InChI=1S/C42H68F2O4/c1-3-5-7-9-11-13-15-39(43)41(45)47-37-29-25-35(26-30-37)23-21-33-17-19-34(20-18-33)22-24-36-27-31-38(32-28-36)48-42(46)40(44)16-14-12-10-8-6-4-2/h17-20,35-40H,3-16,21-32H2,1-2H3. The quantitative estimate of drug-likeness (QED) is 0.0809. The average molecular weight is 675 g/mol. The first-order valence-electron chi connectivity index (χ1n) is 20.1. The monoisotopic (exact) mass is 675 g/mol. The van der Waals surface area contributed by atoms with E-state index in [2.05, 4.69) is 38.1 Å². The highest BCUT2D eigenvalue weighted by Crippen LogP contribution is 2.32. The van der Waals surface area contributed by atoms with E-state index in [-0.39, 0.29) is 12.2 Å². The van der Waals surface area contributed by atoms with E-state index in [4.69, 9.17) is 9.47 Å². The van der Waals surface area contributed by atoms with Gasteiger partial charge in [0, 0.05) is 0 Å². The van der Waals surface area contributed by atoms with Gasteiger partial charge < -0.3 is 9.47 Å². The van der Waals surface area contributed by atoms with Gasteiger partial charge in [0.15, 0.2) is 12.3 Å². The van der Waals surface area contributed by atoms with Crippen molar-refractivity contribution >= 4 is 11.9 Å². The smallest absolute Gasteiger partial charge is 0.340 e. The van der Waals surface area contributed by atoms with Crippen molar-refractivity contribution in [3.63, 3.8) is 0 Å². The lowest BCUT2D eigenvalue weighted by Crippen LogP contribution is -2.29. The fourth-order valence-electron chi connectivity index (χ4n) is 7.61. The molecular formula is C42H68F2O4. The Kier molecular flexibility index (Phi) is 20.4. The summed E-state index contributed by atoms with van der Waals surface area (Å²) < 4.78 is 39.7. The molecule has 0 bridgehead atoms. The number of carbonyl (C=O) groups is 2. The van der Waals surface area contributed by atoms with Crippen LogP contribution in [0, 0.1) is 11.8 Å². The van der Waals surface area contributed by atoms with Crippen LogP contribution in [0.2, 0.25) is 0 Å². The van der Waals surface area contributed by atoms with Crippen molar-refractivity contribution in [3.05, 3.63) is 35.4 Å². The van der Waals surface area contributed by atoms with Crippen LogP contribution in [-0.4, -0.2) is 36.5 Å². The number of aryl methyl sites for hydroxylation is 2. The lowest BCUT2D eigenvalue weighted by Gasteiger charge is -2.29. The zero-order valence-electron chi connectivity index (χ0n) is 30.5. The minimum absolute atomic E-state index is 0.122. The van der Waals surface area contributed by atoms with Gasteiger partial charge in [-0.2, -0.15) is 0 Å². The average Bonchev–Trinajstić information content (AvgIpc) is 3.10. The third kappa shape index (κ3) is 16.6. The van der Waals surface area contributed by atoms with Crippen LogP contribution in [0.25, 0.3) is 0 Å². The van der Waals surface area contributed by atoms with Gasteiger partial charge in [-0.05, 0) is 126 Å². The molecule has 48 heavy (non-hydrogen) atoms. The van der Waals surface area contributed by atoms with Crippen molar-refractivity contribution in [2.24, 2.45) is 11.8 Å². The van der Waals surface area contributed by atoms with Gasteiger partial charge in [0.2, 0.25) is 0 Å². The maximum Gasteiger partial charge on any atom is 0.340 e. The molecule has 2 aliphatic rings. The molecular weight excluding hydrogens is 606 g/mol. The number of halogens is 2. The minimum Gasteiger partial charge on any atom is -0.460 e. The van der Waals surface area contributed by atoms with Crippen molar-refractivity contribution in [2.75, 3.05) is 0 Å². The molecule has 0 amide bonds. The topological polar surface area (TPSA) is 52.6 Å². The Morgan fingerprint density at radius 2 is 0.896 bits per heavy atom. The highest BCUT2D eigenvalue weighted by atomic mass is 19.1. The van der Waals surface area contributed by atoms with Crippen LogP contribution in [0.1, 0.15) is 179 Å². The van der Waals surface area contributed by atoms with Crippen LogP contribution < -0.4 is 0 Å². The summed E-state index contributed by atoms with van der Waals surface area (Å²) in [6, 6.07) is 9.07. The molecule has 0 N–H and O–H groups in total. The van der Waals surface area contributed by atoms with Gasteiger partial charge in [-0.3, -0.25) is 0 Å². The lowest BCUT2D eigenvalue weighted by molar-refractivity contribution is -0.158. The second-order valence-electron chi connectivity index (χ2n) is 15.1. The summed E-state index contributed by atoms with van der Waals surface area (Å²) in [6.07, 6.45) is 22.3. The summed E-state index contributed by atoms with van der Waals surface area (Å²) in [5, 5.41) is 0. The predicted molar refractivity (Wildman–Crippen MR) is 193 cm³/mol. The normalized spacial score (nSPS) is 22.6. The van der Waals surface area contributed by atoms with Crippen LogP contribution in [0.15, 0.2) is 24.3 Å². The van der Waals surface area contributed by atoms with Crippen LogP contribution in [0.5, 0.6) is 0 Å². The Bertz CT molecular complexity index is 903. The first-order chi connectivity index (χ1) is 23.4. The second-order valence-corrected chi connectivity index (χ2v) is 15.1. The van der Waals surface area contributed by atoms with Gasteiger partial charge in [0.1, 0.15) is 12.2 Å². The summed E-state index contributed by atoms with van der Waals surface area (Å²) in [5.41, 5.74) is 2.74. The fraction of sp³-hybridized carbons (Fsp3) is 0.810. The van der Waals surface area contributed by atoms with E-state index in [1.54, 1.807) is 0 Å². The van der Waals surface area contributed by atoms with E-state index in [9.17, 15) is 18.4 Å². The van der Waals surface area contributed by atoms with E-state index in [0.29, 0.717) is 24.7 Å². The summed E-state index contributed by atoms with van der Waals surface area (Å²) in [5.74, 6) is -0.0271. The van der Waals surface area contributed by atoms with Crippen LogP contribution in [0.4, 0.5) is 8.78 Å². The van der Waals surface area contributed by atoms with Crippen LogP contribution in [0.3, 0.4) is 0 Å². The van der Waals surface area contributed by atoms with Crippen LogP contribution in [-0.2, 0) is 31.9 Å². The van der Waals surface area contributed by atoms with E-state index in [0.717, 1.165) is 116 Å². The molecule has 3 rings (SSSR count). The van der Waals surface area contributed by atoms with Gasteiger partial charge in [-0.15, -0.1) is 0 Å². The Balaban J connectivity index is 1.22. The van der Waals surface area contributed by atoms with E-state index < -0.39 is 24.3 Å². The highest BCUT2D eigenvalue weighted by Gasteiger charge is 2.28. The summed E-state index contributed by atoms with van der Waals surface area (Å²) in [4.78, 5) is 24.5.